The highest BCUT2D eigenvalue weighted by atomic mass is 32.2. The van der Waals surface area contributed by atoms with Crippen LogP contribution in [0.2, 0.25) is 0 Å². The van der Waals surface area contributed by atoms with Crippen molar-refractivity contribution in [3.05, 3.63) is 0 Å². The van der Waals surface area contributed by atoms with Crippen molar-refractivity contribution in [3.8, 4) is 0 Å². The summed E-state index contributed by atoms with van der Waals surface area (Å²) in [6.07, 6.45) is 2.90. The molecule has 0 spiro atoms. The molecule has 1 aliphatic rings. The summed E-state index contributed by atoms with van der Waals surface area (Å²) < 4.78 is 32.2. The van der Waals surface area contributed by atoms with E-state index in [1.807, 2.05) is 0 Å². The van der Waals surface area contributed by atoms with Gasteiger partial charge in [0.2, 0.25) is 0 Å². The van der Waals surface area contributed by atoms with E-state index in [0.717, 1.165) is 6.61 Å². The van der Waals surface area contributed by atoms with Gasteiger partial charge in [0.25, 0.3) is 10.2 Å². The lowest BCUT2D eigenvalue weighted by atomic mass is 10.5. The highest BCUT2D eigenvalue weighted by Crippen LogP contribution is 2.28. The van der Waals surface area contributed by atoms with Gasteiger partial charge in [0.1, 0.15) is 0 Å². The van der Waals surface area contributed by atoms with Gasteiger partial charge in [-0.3, -0.25) is 0 Å². The molecule has 1 aliphatic carbocycles. The van der Waals surface area contributed by atoms with E-state index in [4.69, 9.17) is 9.84 Å². The molecule has 1 fully saturated rings. The molecule has 0 bridgehead atoms. The molecule has 0 radical (unpaired) electrons. The largest absolute Gasteiger partial charge is 0.396 e. The summed E-state index contributed by atoms with van der Waals surface area (Å²) in [5.74, 6) is 0.693. The van der Waals surface area contributed by atoms with E-state index in [-0.39, 0.29) is 6.61 Å². The predicted octanol–water partition coefficient (Wildman–Crippen LogP) is -0.438. The minimum atomic E-state index is -3.43. The second-order valence-electron chi connectivity index (χ2n) is 4.32. The van der Waals surface area contributed by atoms with Crippen LogP contribution in [0.15, 0.2) is 0 Å². The van der Waals surface area contributed by atoms with E-state index in [2.05, 4.69) is 4.72 Å². The minimum absolute atomic E-state index is 0.00956. The van der Waals surface area contributed by atoms with Crippen LogP contribution < -0.4 is 4.72 Å². The summed E-state index contributed by atoms with van der Waals surface area (Å²) >= 11 is 0. The molecule has 1 saturated carbocycles. The number of nitrogens with zero attached hydrogens (tertiary/aromatic N) is 1. The number of rotatable bonds is 10. The van der Waals surface area contributed by atoms with Crippen molar-refractivity contribution in [1.82, 2.24) is 9.03 Å². The van der Waals surface area contributed by atoms with Crippen molar-refractivity contribution in [2.45, 2.75) is 19.3 Å². The van der Waals surface area contributed by atoms with E-state index in [9.17, 15) is 8.42 Å². The molecule has 0 heterocycles. The molecule has 7 heteroatoms. The maximum Gasteiger partial charge on any atom is 0.279 e. The molecule has 1 rings (SSSR count). The van der Waals surface area contributed by atoms with Gasteiger partial charge >= 0.3 is 0 Å². The van der Waals surface area contributed by atoms with Crippen LogP contribution in [-0.2, 0) is 14.9 Å². The van der Waals surface area contributed by atoms with Crippen LogP contribution in [0.1, 0.15) is 19.3 Å². The van der Waals surface area contributed by atoms with Gasteiger partial charge in [-0.05, 0) is 25.2 Å². The van der Waals surface area contributed by atoms with E-state index in [0.29, 0.717) is 32.0 Å². The van der Waals surface area contributed by atoms with E-state index < -0.39 is 10.2 Å². The Morgan fingerprint density at radius 2 is 2.18 bits per heavy atom. The number of hydrogen-bond donors (Lipinski definition) is 2. The van der Waals surface area contributed by atoms with Crippen molar-refractivity contribution in [2.24, 2.45) is 5.92 Å². The maximum absolute atomic E-state index is 11.6. The van der Waals surface area contributed by atoms with Gasteiger partial charge in [-0.1, -0.05) is 0 Å². The van der Waals surface area contributed by atoms with Crippen LogP contribution in [0.3, 0.4) is 0 Å². The molecule has 102 valence electrons. The van der Waals surface area contributed by atoms with Gasteiger partial charge in [-0.25, -0.2) is 0 Å². The average Bonchev–Trinajstić information content (AvgIpc) is 3.09. The van der Waals surface area contributed by atoms with Crippen molar-refractivity contribution in [3.63, 3.8) is 0 Å². The van der Waals surface area contributed by atoms with E-state index in [1.165, 1.54) is 24.2 Å². The average molecular weight is 266 g/mol. The van der Waals surface area contributed by atoms with Gasteiger partial charge in [0.15, 0.2) is 0 Å². The van der Waals surface area contributed by atoms with Crippen LogP contribution in [0, 0.1) is 5.92 Å². The zero-order valence-corrected chi connectivity index (χ0v) is 11.1. The fourth-order valence-corrected chi connectivity index (χ4v) is 2.23. The SMILES string of the molecule is CN(CCCO)S(=O)(=O)NCCOCC1CC1. The number of aliphatic hydroxyl groups excluding tert-OH is 1. The van der Waals surface area contributed by atoms with Crippen molar-refractivity contribution in [1.29, 1.82) is 0 Å². The number of aliphatic hydroxyl groups is 1. The second-order valence-corrected chi connectivity index (χ2v) is 6.18. The first-order valence-corrected chi connectivity index (χ1v) is 7.40. The smallest absolute Gasteiger partial charge is 0.279 e. The highest BCUT2D eigenvalue weighted by Gasteiger charge is 2.21. The molecule has 2 N–H and O–H groups in total. The molecule has 6 nitrogen and oxygen atoms in total. The fourth-order valence-electron chi connectivity index (χ4n) is 1.30. The van der Waals surface area contributed by atoms with E-state index in [1.54, 1.807) is 0 Å². The second kappa shape index (κ2) is 7.27. The molecule has 17 heavy (non-hydrogen) atoms. The number of hydrogen-bond acceptors (Lipinski definition) is 4. The Hall–Kier alpha value is -0.210. The maximum atomic E-state index is 11.6. The van der Waals surface area contributed by atoms with Crippen LogP contribution in [0.25, 0.3) is 0 Å². The summed E-state index contributed by atoms with van der Waals surface area (Å²) in [4.78, 5) is 0. The van der Waals surface area contributed by atoms with Crippen LogP contribution in [-0.4, -0.2) is 57.8 Å². The molecule has 0 aromatic heterocycles. The lowest BCUT2D eigenvalue weighted by Gasteiger charge is -2.17. The molecule has 0 saturated heterocycles. The first-order valence-electron chi connectivity index (χ1n) is 5.96. The zero-order chi connectivity index (χ0) is 12.7. The Kier molecular flexibility index (Phi) is 6.35. The number of ether oxygens (including phenoxy) is 1. The summed E-state index contributed by atoms with van der Waals surface area (Å²) in [6.45, 7) is 1.74. The monoisotopic (exact) mass is 266 g/mol. The molecule has 0 aromatic rings. The van der Waals surface area contributed by atoms with Gasteiger partial charge < -0.3 is 9.84 Å². The summed E-state index contributed by atoms with van der Waals surface area (Å²) in [6, 6.07) is 0. The van der Waals surface area contributed by atoms with Crippen molar-refractivity contribution >= 4 is 10.2 Å². The zero-order valence-electron chi connectivity index (χ0n) is 10.3. The molecule has 0 amide bonds. The van der Waals surface area contributed by atoms with Crippen molar-refractivity contribution in [2.75, 3.05) is 40.0 Å². The summed E-state index contributed by atoms with van der Waals surface area (Å²) in [7, 11) is -1.94. The summed E-state index contributed by atoms with van der Waals surface area (Å²) in [5.41, 5.74) is 0. The summed E-state index contributed by atoms with van der Waals surface area (Å²) in [5, 5.41) is 8.62. The first-order chi connectivity index (χ1) is 8.06. The molecular formula is C10H22N2O4S. The third-order valence-corrected chi connectivity index (χ3v) is 4.19. The normalized spacial score (nSPS) is 16.6. The predicted molar refractivity (Wildman–Crippen MR) is 64.8 cm³/mol. The molecule has 0 atom stereocenters. The first kappa shape index (κ1) is 14.8. The quantitative estimate of drug-likeness (QED) is 0.526. The lowest BCUT2D eigenvalue weighted by Crippen LogP contribution is -2.40. The van der Waals surface area contributed by atoms with Gasteiger partial charge in [-0.2, -0.15) is 17.4 Å². The molecule has 0 aromatic carbocycles. The van der Waals surface area contributed by atoms with Crippen molar-refractivity contribution < 1.29 is 18.3 Å². The Labute approximate surface area is 103 Å². The van der Waals surface area contributed by atoms with Crippen LogP contribution in [0.5, 0.6) is 0 Å². The lowest BCUT2D eigenvalue weighted by molar-refractivity contribution is 0.129. The van der Waals surface area contributed by atoms with Crippen LogP contribution in [0.4, 0.5) is 0 Å². The Morgan fingerprint density at radius 3 is 2.76 bits per heavy atom. The molecule has 0 aliphatic heterocycles. The molecular weight excluding hydrogens is 244 g/mol. The Bertz CT molecular complexity index is 303. The van der Waals surface area contributed by atoms with Gasteiger partial charge in [0, 0.05) is 33.4 Å². The Morgan fingerprint density at radius 1 is 1.47 bits per heavy atom. The van der Waals surface area contributed by atoms with Gasteiger partial charge in [0.05, 0.1) is 6.61 Å². The van der Waals surface area contributed by atoms with Crippen LogP contribution >= 0.6 is 0 Å². The minimum Gasteiger partial charge on any atom is -0.396 e. The number of nitrogens with one attached hydrogen (secondary N) is 1. The topological polar surface area (TPSA) is 78.9 Å². The van der Waals surface area contributed by atoms with Gasteiger partial charge in [-0.15, -0.1) is 0 Å². The highest BCUT2D eigenvalue weighted by molar-refractivity contribution is 7.87. The third kappa shape index (κ3) is 6.32. The third-order valence-electron chi connectivity index (χ3n) is 2.62. The fraction of sp³-hybridized carbons (Fsp3) is 1.00. The molecule has 0 unspecified atom stereocenters. The standard InChI is InChI=1S/C10H22N2O4S/c1-12(6-2-7-13)17(14,15)11-5-8-16-9-10-3-4-10/h10-11,13H,2-9H2,1H3. The Balaban J connectivity index is 2.09. The van der Waals surface area contributed by atoms with E-state index >= 15 is 0 Å².